The summed E-state index contributed by atoms with van der Waals surface area (Å²) in [4.78, 5) is 36.1. The van der Waals surface area contributed by atoms with Crippen LogP contribution in [-0.4, -0.2) is 39.3 Å². The second-order valence-corrected chi connectivity index (χ2v) is 11.0. The highest BCUT2D eigenvalue weighted by molar-refractivity contribution is 7.10. The van der Waals surface area contributed by atoms with E-state index in [0.717, 1.165) is 5.01 Å². The largest absolute Gasteiger partial charge is 0.452 e. The number of oxime groups is 1. The minimum atomic E-state index is -4.80. The first-order chi connectivity index (χ1) is 18.0. The van der Waals surface area contributed by atoms with Gasteiger partial charge < -0.3 is 14.3 Å². The molecule has 4 heterocycles. The lowest BCUT2D eigenvalue weighted by Gasteiger charge is -2.31. The van der Waals surface area contributed by atoms with Crippen molar-refractivity contribution in [3.63, 3.8) is 0 Å². The first kappa shape index (κ1) is 27.0. The minimum absolute atomic E-state index is 0.0971. The fourth-order valence-electron chi connectivity index (χ4n) is 4.37. The van der Waals surface area contributed by atoms with Gasteiger partial charge in [0.25, 0.3) is 5.56 Å². The first-order valence-electron chi connectivity index (χ1n) is 11.4. The Labute approximate surface area is 232 Å². The zero-order valence-corrected chi connectivity index (χ0v) is 22.4. The van der Waals surface area contributed by atoms with Gasteiger partial charge in [-0.3, -0.25) is 9.59 Å². The number of alkyl halides is 3. The predicted octanol–water partition coefficient (Wildman–Crippen LogP) is 6.15. The predicted molar refractivity (Wildman–Crippen MR) is 135 cm³/mol. The standard InChI is InChI=1S/C23H18Cl3F3N4O4S/c24-12-5-13(25)21(14(26)6-12)17-7-15(31-36-17)16-10-38-22(30-16)11-1-3-32(4-2-11)20(35)9-33-19(34)8-18(37-33)23(27,28)29/h5-6,8,10-11,17H,1-4,7,9H2. The Morgan fingerprint density at radius 3 is 2.45 bits per heavy atom. The summed E-state index contributed by atoms with van der Waals surface area (Å²) < 4.78 is 43.2. The van der Waals surface area contributed by atoms with Gasteiger partial charge in [0, 0.05) is 41.4 Å². The van der Waals surface area contributed by atoms with E-state index in [1.54, 1.807) is 12.1 Å². The molecule has 0 spiro atoms. The molecule has 0 radical (unpaired) electrons. The summed E-state index contributed by atoms with van der Waals surface area (Å²) in [6.07, 6.45) is -3.61. The summed E-state index contributed by atoms with van der Waals surface area (Å²) in [7, 11) is 0. The number of benzene rings is 1. The number of carbonyl (C=O) groups excluding carboxylic acids is 1. The lowest BCUT2D eigenvalue weighted by Crippen LogP contribution is -2.40. The molecule has 202 valence electrons. The van der Waals surface area contributed by atoms with E-state index < -0.39 is 36.1 Å². The van der Waals surface area contributed by atoms with E-state index in [4.69, 9.17) is 44.6 Å². The number of piperidine rings is 1. The fourth-order valence-corrected chi connectivity index (χ4v) is 6.43. The van der Waals surface area contributed by atoms with Crippen LogP contribution in [0, 0.1) is 0 Å². The molecule has 15 heteroatoms. The molecule has 1 unspecified atom stereocenters. The monoisotopic (exact) mass is 608 g/mol. The minimum Gasteiger partial charge on any atom is -0.387 e. The van der Waals surface area contributed by atoms with Gasteiger partial charge in [0.2, 0.25) is 11.7 Å². The molecule has 0 bridgehead atoms. The summed E-state index contributed by atoms with van der Waals surface area (Å²) in [5.74, 6) is -1.83. The van der Waals surface area contributed by atoms with Gasteiger partial charge in [-0.25, -0.2) is 4.98 Å². The van der Waals surface area contributed by atoms with Crippen molar-refractivity contribution in [2.24, 2.45) is 5.16 Å². The van der Waals surface area contributed by atoms with E-state index in [1.807, 2.05) is 5.38 Å². The van der Waals surface area contributed by atoms with Gasteiger partial charge in [0.05, 0.1) is 26.8 Å². The van der Waals surface area contributed by atoms with Crippen LogP contribution in [0.5, 0.6) is 0 Å². The van der Waals surface area contributed by atoms with Crippen molar-refractivity contribution in [2.45, 2.75) is 44.0 Å². The number of halogens is 6. The average Bonchev–Trinajstić information content (AvgIpc) is 3.59. The normalized spacial score (nSPS) is 18.5. The number of aromatic nitrogens is 2. The van der Waals surface area contributed by atoms with E-state index in [0.29, 0.717) is 75.2 Å². The smallest absolute Gasteiger partial charge is 0.387 e. The van der Waals surface area contributed by atoms with Crippen LogP contribution in [0.3, 0.4) is 0 Å². The first-order valence-corrected chi connectivity index (χ1v) is 13.4. The number of amides is 1. The quantitative estimate of drug-likeness (QED) is 0.346. The highest BCUT2D eigenvalue weighted by atomic mass is 35.5. The highest BCUT2D eigenvalue weighted by Crippen LogP contribution is 2.40. The van der Waals surface area contributed by atoms with Crippen molar-refractivity contribution in [2.75, 3.05) is 13.1 Å². The lowest BCUT2D eigenvalue weighted by atomic mass is 9.97. The van der Waals surface area contributed by atoms with Crippen LogP contribution >= 0.6 is 46.1 Å². The molecule has 0 saturated carbocycles. The van der Waals surface area contributed by atoms with E-state index in [-0.39, 0.29) is 5.92 Å². The molecule has 0 N–H and O–H groups in total. The molecule has 38 heavy (non-hydrogen) atoms. The van der Waals surface area contributed by atoms with E-state index in [9.17, 15) is 22.8 Å². The maximum absolute atomic E-state index is 12.7. The second kappa shape index (κ2) is 10.6. The van der Waals surface area contributed by atoms with Gasteiger partial charge >= 0.3 is 6.18 Å². The topological polar surface area (TPSA) is 89.9 Å². The van der Waals surface area contributed by atoms with Gasteiger partial charge in [-0.05, 0) is 25.0 Å². The van der Waals surface area contributed by atoms with Gasteiger partial charge in [0.1, 0.15) is 12.3 Å². The fraction of sp³-hybridized carbons (Fsp3) is 0.391. The van der Waals surface area contributed by atoms with Gasteiger partial charge in [-0.2, -0.15) is 17.9 Å². The highest BCUT2D eigenvalue weighted by Gasteiger charge is 2.37. The number of rotatable bonds is 5. The molecule has 2 aliphatic rings. The number of thiazole rings is 1. The Kier molecular flexibility index (Phi) is 7.51. The van der Waals surface area contributed by atoms with Crippen LogP contribution in [0.1, 0.15) is 53.3 Å². The lowest BCUT2D eigenvalue weighted by molar-refractivity contribution is -0.159. The van der Waals surface area contributed by atoms with Gasteiger partial charge in [-0.15, -0.1) is 11.3 Å². The molecular weight excluding hydrogens is 592 g/mol. The third-order valence-electron chi connectivity index (χ3n) is 6.32. The SMILES string of the molecule is O=C(Cn1oc(C(F)(F)F)cc1=O)N1CCC(c2nc(C3=NOC(c4c(Cl)cc(Cl)cc4Cl)C3)cs2)CC1. The molecule has 0 aliphatic carbocycles. The third kappa shape index (κ3) is 5.58. The Hall–Kier alpha value is -2.54. The number of likely N-dealkylation sites (tertiary alicyclic amines) is 1. The molecular formula is C23H18Cl3F3N4O4S. The molecule has 3 aromatic rings. The van der Waals surface area contributed by atoms with Crippen molar-refractivity contribution >= 4 is 57.8 Å². The molecule has 8 nitrogen and oxygen atoms in total. The number of carbonyl (C=O) groups is 1. The molecule has 2 aliphatic heterocycles. The van der Waals surface area contributed by atoms with Crippen molar-refractivity contribution in [1.29, 1.82) is 0 Å². The maximum atomic E-state index is 12.7. The summed E-state index contributed by atoms with van der Waals surface area (Å²) in [5.41, 5.74) is 0.937. The summed E-state index contributed by atoms with van der Waals surface area (Å²) in [6, 6.07) is 3.52. The van der Waals surface area contributed by atoms with Gasteiger partial charge in [0.15, 0.2) is 6.10 Å². The average molecular weight is 610 g/mol. The van der Waals surface area contributed by atoms with E-state index >= 15 is 0 Å². The molecule has 2 aromatic heterocycles. The molecule has 1 atom stereocenters. The summed E-state index contributed by atoms with van der Waals surface area (Å²) in [6.45, 7) is 0.156. The van der Waals surface area contributed by atoms with Crippen LogP contribution < -0.4 is 5.56 Å². The van der Waals surface area contributed by atoms with Crippen molar-refractivity contribution in [1.82, 2.24) is 14.6 Å². The second-order valence-electron chi connectivity index (χ2n) is 8.82. The van der Waals surface area contributed by atoms with Crippen molar-refractivity contribution < 1.29 is 27.3 Å². The van der Waals surface area contributed by atoms with E-state index in [2.05, 4.69) is 9.68 Å². The van der Waals surface area contributed by atoms with Crippen molar-refractivity contribution in [3.05, 3.63) is 71.0 Å². The Balaban J connectivity index is 1.17. The summed E-state index contributed by atoms with van der Waals surface area (Å²) >= 11 is 20.1. The van der Waals surface area contributed by atoms with Crippen LogP contribution in [0.15, 0.2) is 38.1 Å². The Bertz CT molecular complexity index is 1440. The maximum Gasteiger partial charge on any atom is 0.452 e. The third-order valence-corrected chi connectivity index (χ3v) is 8.17. The zero-order chi connectivity index (χ0) is 27.2. The molecule has 5 rings (SSSR count). The van der Waals surface area contributed by atoms with Crippen molar-refractivity contribution in [3.8, 4) is 0 Å². The molecule has 1 fully saturated rings. The number of hydrogen-bond acceptors (Lipinski definition) is 7. The number of hydrogen-bond donors (Lipinski definition) is 0. The summed E-state index contributed by atoms with van der Waals surface area (Å²) in [5, 5.41) is 8.16. The Morgan fingerprint density at radius 1 is 1.13 bits per heavy atom. The van der Waals surface area contributed by atoms with Gasteiger partial charge in [-0.1, -0.05) is 40.0 Å². The van der Waals surface area contributed by atoms with Crippen LogP contribution in [-0.2, 0) is 22.4 Å². The molecule has 1 amide bonds. The Morgan fingerprint density at radius 2 is 1.82 bits per heavy atom. The van der Waals surface area contributed by atoms with E-state index in [1.165, 1.54) is 16.2 Å². The number of nitrogens with zero attached hydrogens (tertiary/aromatic N) is 4. The molecule has 1 saturated heterocycles. The molecule has 1 aromatic carbocycles. The zero-order valence-electron chi connectivity index (χ0n) is 19.3. The van der Waals surface area contributed by atoms with Crippen LogP contribution in [0.2, 0.25) is 15.1 Å². The van der Waals surface area contributed by atoms with Crippen LogP contribution in [0.25, 0.3) is 0 Å². The van der Waals surface area contributed by atoms with Crippen LogP contribution in [0.4, 0.5) is 13.2 Å².